The van der Waals surface area contributed by atoms with Crippen LogP contribution in [-0.2, 0) is 9.53 Å². The molecule has 1 aliphatic heterocycles. The molecule has 1 aromatic carbocycles. The third-order valence-electron chi connectivity index (χ3n) is 3.69. The molecule has 0 saturated carbocycles. The molecule has 0 radical (unpaired) electrons. The third kappa shape index (κ3) is 2.62. The van der Waals surface area contributed by atoms with Crippen molar-refractivity contribution in [2.24, 2.45) is 5.92 Å². The highest BCUT2D eigenvalue weighted by molar-refractivity contribution is 5.80. The first kappa shape index (κ1) is 14.0. The lowest BCUT2D eigenvalue weighted by molar-refractivity contribution is -0.147. The van der Waals surface area contributed by atoms with Crippen LogP contribution < -0.4 is 5.32 Å². The summed E-state index contributed by atoms with van der Waals surface area (Å²) in [5.74, 6) is -0.849. The molecule has 0 spiro atoms. The van der Waals surface area contributed by atoms with Gasteiger partial charge in [0.1, 0.15) is 11.4 Å². The second-order valence-corrected chi connectivity index (χ2v) is 5.15. The van der Waals surface area contributed by atoms with Crippen LogP contribution in [0.2, 0.25) is 0 Å². The molecule has 0 bridgehead atoms. The highest BCUT2D eigenvalue weighted by Gasteiger charge is 2.47. The number of hydrogen-bond acceptors (Lipinski definition) is 4. The fraction of sp³-hybridized carbons (Fsp3) is 0.500. The number of ether oxygens (including phenoxy) is 1. The molecule has 4 nitrogen and oxygen atoms in total. The number of esters is 1. The van der Waals surface area contributed by atoms with Gasteiger partial charge in [-0.1, -0.05) is 12.1 Å². The molecule has 19 heavy (non-hydrogen) atoms. The summed E-state index contributed by atoms with van der Waals surface area (Å²) in [5.41, 5.74) is -0.120. The number of nitrogens with one attached hydrogen (secondary N) is 1. The standard InChI is InChI=1S/C14H18FNO3/c1-14(13(18)19-2)7-10(8-17)12(16-14)9-4-3-5-11(15)6-9/h3-6,10,12,16-17H,7-8H2,1-2H3/t10-,12-,14-/m0/s1. The first-order valence-electron chi connectivity index (χ1n) is 6.22. The van der Waals surface area contributed by atoms with E-state index in [1.165, 1.54) is 19.2 Å². The quantitative estimate of drug-likeness (QED) is 0.813. The molecule has 104 valence electrons. The van der Waals surface area contributed by atoms with Crippen molar-refractivity contribution >= 4 is 5.97 Å². The summed E-state index contributed by atoms with van der Waals surface area (Å²) in [6.45, 7) is 1.67. The lowest BCUT2D eigenvalue weighted by Crippen LogP contribution is -2.45. The van der Waals surface area contributed by atoms with Crippen molar-refractivity contribution in [2.75, 3.05) is 13.7 Å². The summed E-state index contributed by atoms with van der Waals surface area (Å²) in [4.78, 5) is 11.8. The maximum atomic E-state index is 13.3. The van der Waals surface area contributed by atoms with E-state index in [1.54, 1.807) is 19.1 Å². The fourth-order valence-corrected chi connectivity index (χ4v) is 2.76. The van der Waals surface area contributed by atoms with Gasteiger partial charge >= 0.3 is 5.97 Å². The predicted octanol–water partition coefficient (Wildman–Crippen LogP) is 1.40. The van der Waals surface area contributed by atoms with Crippen molar-refractivity contribution < 1.29 is 19.0 Å². The van der Waals surface area contributed by atoms with Crippen LogP contribution >= 0.6 is 0 Å². The van der Waals surface area contributed by atoms with Crippen LogP contribution in [0.25, 0.3) is 0 Å². The molecule has 2 rings (SSSR count). The van der Waals surface area contributed by atoms with Crippen molar-refractivity contribution in [2.45, 2.75) is 24.9 Å². The smallest absolute Gasteiger partial charge is 0.325 e. The minimum atomic E-state index is -0.848. The molecular weight excluding hydrogens is 249 g/mol. The van der Waals surface area contributed by atoms with Crippen LogP contribution in [0.3, 0.4) is 0 Å². The Labute approximate surface area is 111 Å². The second kappa shape index (κ2) is 5.27. The first-order chi connectivity index (χ1) is 9.00. The predicted molar refractivity (Wildman–Crippen MR) is 67.9 cm³/mol. The molecule has 0 unspecified atom stereocenters. The average molecular weight is 267 g/mol. The maximum absolute atomic E-state index is 13.3. The lowest BCUT2D eigenvalue weighted by atomic mass is 9.91. The highest BCUT2D eigenvalue weighted by atomic mass is 19.1. The largest absolute Gasteiger partial charge is 0.468 e. The van der Waals surface area contributed by atoms with Crippen molar-refractivity contribution in [3.8, 4) is 0 Å². The molecule has 2 N–H and O–H groups in total. The minimum Gasteiger partial charge on any atom is -0.468 e. The van der Waals surface area contributed by atoms with Crippen molar-refractivity contribution in [3.63, 3.8) is 0 Å². The van der Waals surface area contributed by atoms with Crippen LogP contribution in [-0.4, -0.2) is 30.3 Å². The van der Waals surface area contributed by atoms with E-state index in [0.29, 0.717) is 6.42 Å². The lowest BCUT2D eigenvalue weighted by Gasteiger charge is -2.22. The number of rotatable bonds is 3. The second-order valence-electron chi connectivity index (χ2n) is 5.15. The number of carbonyl (C=O) groups excluding carboxylic acids is 1. The van der Waals surface area contributed by atoms with Crippen LogP contribution in [0.4, 0.5) is 4.39 Å². The van der Waals surface area contributed by atoms with Gasteiger partial charge in [0.2, 0.25) is 0 Å². The number of aliphatic hydroxyl groups is 1. The Morgan fingerprint density at radius 1 is 1.63 bits per heavy atom. The zero-order valence-electron chi connectivity index (χ0n) is 11.0. The zero-order chi connectivity index (χ0) is 14.0. The van der Waals surface area contributed by atoms with Gasteiger partial charge in [0, 0.05) is 18.6 Å². The monoisotopic (exact) mass is 267 g/mol. The molecule has 1 heterocycles. The Hall–Kier alpha value is -1.46. The maximum Gasteiger partial charge on any atom is 0.325 e. The van der Waals surface area contributed by atoms with Gasteiger partial charge in [-0.25, -0.2) is 4.39 Å². The number of hydrogen-bond donors (Lipinski definition) is 2. The number of carbonyl (C=O) groups is 1. The Bertz CT molecular complexity index is 480. The van der Waals surface area contributed by atoms with Gasteiger partial charge < -0.3 is 9.84 Å². The summed E-state index contributed by atoms with van der Waals surface area (Å²) < 4.78 is 18.1. The van der Waals surface area contributed by atoms with Gasteiger partial charge in [-0.05, 0) is 31.0 Å². The molecule has 0 aromatic heterocycles. The first-order valence-corrected chi connectivity index (χ1v) is 6.22. The van der Waals surface area contributed by atoms with E-state index < -0.39 is 5.54 Å². The molecule has 1 aromatic rings. The number of aliphatic hydroxyl groups excluding tert-OH is 1. The summed E-state index contributed by atoms with van der Waals surface area (Å²) in [6, 6.07) is 5.93. The van der Waals surface area contributed by atoms with E-state index >= 15 is 0 Å². The Morgan fingerprint density at radius 2 is 2.37 bits per heavy atom. The summed E-state index contributed by atoms with van der Waals surface area (Å²) in [7, 11) is 1.33. The minimum absolute atomic E-state index is 0.0687. The van der Waals surface area contributed by atoms with Crippen LogP contribution in [0.15, 0.2) is 24.3 Å². The fourth-order valence-electron chi connectivity index (χ4n) is 2.76. The highest BCUT2D eigenvalue weighted by Crippen LogP contribution is 2.38. The summed E-state index contributed by atoms with van der Waals surface area (Å²) in [5, 5.41) is 12.6. The van der Waals surface area contributed by atoms with Gasteiger partial charge in [-0.15, -0.1) is 0 Å². The zero-order valence-corrected chi connectivity index (χ0v) is 11.0. The number of halogens is 1. The SMILES string of the molecule is COC(=O)[C@]1(C)C[C@@H](CO)[C@H](c2cccc(F)c2)N1. The molecule has 1 fully saturated rings. The normalized spacial score (nSPS) is 30.3. The number of methoxy groups -OCH3 is 1. The molecule has 1 aliphatic rings. The van der Waals surface area contributed by atoms with Crippen LogP contribution in [0, 0.1) is 11.7 Å². The van der Waals surface area contributed by atoms with Crippen molar-refractivity contribution in [3.05, 3.63) is 35.6 Å². The van der Waals surface area contributed by atoms with E-state index in [4.69, 9.17) is 4.74 Å². The molecular formula is C14H18FNO3. The molecule has 0 aliphatic carbocycles. The van der Waals surface area contributed by atoms with E-state index in [-0.39, 0.29) is 30.4 Å². The molecule has 0 amide bonds. The van der Waals surface area contributed by atoms with E-state index in [1.807, 2.05) is 0 Å². The molecule has 3 atom stereocenters. The number of benzene rings is 1. The van der Waals surface area contributed by atoms with Crippen LogP contribution in [0.1, 0.15) is 24.9 Å². The summed E-state index contributed by atoms with van der Waals surface area (Å²) in [6.07, 6.45) is 0.456. The molecule has 5 heteroatoms. The Kier molecular flexibility index (Phi) is 3.87. The molecule has 1 saturated heterocycles. The topological polar surface area (TPSA) is 58.6 Å². The van der Waals surface area contributed by atoms with E-state index in [2.05, 4.69) is 5.32 Å². The third-order valence-corrected chi connectivity index (χ3v) is 3.69. The average Bonchev–Trinajstić information content (AvgIpc) is 2.76. The van der Waals surface area contributed by atoms with E-state index in [9.17, 15) is 14.3 Å². The van der Waals surface area contributed by atoms with Crippen LogP contribution in [0.5, 0.6) is 0 Å². The van der Waals surface area contributed by atoms with Gasteiger partial charge in [0.05, 0.1) is 7.11 Å². The van der Waals surface area contributed by atoms with Gasteiger partial charge in [-0.3, -0.25) is 10.1 Å². The van der Waals surface area contributed by atoms with Gasteiger partial charge in [-0.2, -0.15) is 0 Å². The van der Waals surface area contributed by atoms with Crippen molar-refractivity contribution in [1.29, 1.82) is 0 Å². The van der Waals surface area contributed by atoms with Gasteiger partial charge in [0.15, 0.2) is 0 Å². The Morgan fingerprint density at radius 3 is 2.95 bits per heavy atom. The van der Waals surface area contributed by atoms with E-state index in [0.717, 1.165) is 5.56 Å². The Balaban J connectivity index is 2.28. The van der Waals surface area contributed by atoms with Crippen molar-refractivity contribution in [1.82, 2.24) is 5.32 Å². The van der Waals surface area contributed by atoms with Gasteiger partial charge in [0.25, 0.3) is 0 Å². The summed E-state index contributed by atoms with van der Waals surface area (Å²) >= 11 is 0.